The van der Waals surface area contributed by atoms with Gasteiger partial charge in [0.2, 0.25) is 10.0 Å². The number of amides is 1. The number of rotatable bonds is 8. The molecular formula is C43H54N10O8S2. The van der Waals surface area contributed by atoms with E-state index in [1.807, 2.05) is 26.0 Å². The van der Waals surface area contributed by atoms with E-state index in [0.717, 1.165) is 55.6 Å². The smallest absolute Gasteiger partial charge is 0.337 e. The normalized spacial score (nSPS) is 17.5. The van der Waals surface area contributed by atoms with Crippen molar-refractivity contribution in [1.82, 2.24) is 39.4 Å². The number of fused-ring (bicyclic) bond motifs is 2. The third-order valence-corrected chi connectivity index (χ3v) is 12.2. The quantitative estimate of drug-likeness (QED) is 0.112. The summed E-state index contributed by atoms with van der Waals surface area (Å²) in [5.74, 6) is 2.07. The first-order valence-corrected chi connectivity index (χ1v) is 24.5. The Morgan fingerprint density at radius 2 is 1.27 bits per heavy atom. The van der Waals surface area contributed by atoms with Crippen molar-refractivity contribution in [2.75, 3.05) is 35.0 Å². The molecule has 0 saturated carbocycles. The Hall–Kier alpha value is -6.25. The predicted octanol–water partition coefficient (Wildman–Crippen LogP) is 4.89. The van der Waals surface area contributed by atoms with Gasteiger partial charge in [0, 0.05) is 63.2 Å². The minimum atomic E-state index is -3.53. The summed E-state index contributed by atoms with van der Waals surface area (Å²) in [6.07, 6.45) is 8.55. The van der Waals surface area contributed by atoms with Crippen LogP contribution in [0.2, 0.25) is 0 Å². The second-order valence-corrected chi connectivity index (χ2v) is 19.9. The topological polar surface area (TPSA) is 245 Å². The number of likely N-dealkylation sites (tertiary alicyclic amines) is 1. The minimum absolute atomic E-state index is 0.000408. The van der Waals surface area contributed by atoms with Gasteiger partial charge in [0.05, 0.1) is 46.2 Å². The van der Waals surface area contributed by atoms with Crippen molar-refractivity contribution in [1.29, 1.82) is 0 Å². The molecule has 0 radical (unpaired) electrons. The average molecular weight is 903 g/mol. The molecule has 20 heteroatoms. The van der Waals surface area contributed by atoms with E-state index in [9.17, 15) is 31.8 Å². The molecule has 0 aliphatic carbocycles. The number of carbonyl (C=O) groups excluding carboxylic acids is 1. The number of piperidine rings is 2. The van der Waals surface area contributed by atoms with E-state index in [1.165, 1.54) is 29.7 Å². The zero-order chi connectivity index (χ0) is 45.8. The van der Waals surface area contributed by atoms with Gasteiger partial charge in [0.1, 0.15) is 0 Å². The molecule has 2 fully saturated rings. The molecule has 4 aromatic heterocycles. The lowest BCUT2D eigenvalue weighted by atomic mass is 9.98. The van der Waals surface area contributed by atoms with E-state index < -0.39 is 25.7 Å². The molecule has 0 spiro atoms. The van der Waals surface area contributed by atoms with Gasteiger partial charge in [-0.05, 0) is 96.5 Å². The number of sulfonamides is 1. The number of carboxylic acid groups (broad SMARTS) is 1. The van der Waals surface area contributed by atoms with Crippen LogP contribution in [0.25, 0.3) is 11.3 Å². The van der Waals surface area contributed by atoms with Crippen molar-refractivity contribution >= 4 is 60.1 Å². The number of hydrogen-bond acceptors (Lipinski definition) is 10. The average Bonchev–Trinajstić information content (AvgIpc) is 3.87. The van der Waals surface area contributed by atoms with Gasteiger partial charge in [-0.2, -0.15) is 0 Å². The summed E-state index contributed by atoms with van der Waals surface area (Å²) in [5, 5.41) is 18.6. The summed E-state index contributed by atoms with van der Waals surface area (Å²) in [5.41, 5.74) is 6.57. The van der Waals surface area contributed by atoms with Crippen LogP contribution >= 0.6 is 0 Å². The number of aromatic amines is 2. The lowest BCUT2D eigenvalue weighted by Gasteiger charge is -2.35. The molecule has 2 aliphatic heterocycles. The highest BCUT2D eigenvalue weighted by Gasteiger charge is 2.32. The number of benzene rings is 2. The first kappa shape index (κ1) is 46.3. The Balaban J connectivity index is 0.000000174. The standard InChI is InChI=1S/C21H25N5O4S.C13H18N4O.C9H11NO3S/c1-13-14(2)22-19-12-17(23-26(19)20(13)27)18-10-6-7-11-25(18)21(28)15-8-4-5-9-16(15)24-31(3,29)30;1-8-9(2)15-12-7-11(16-17(12)13(8)18)10-5-3-4-6-14-10;1-14(2,13)10-8-6-4-3-5-7(8)9(11)12/h4-5,8-9,12,18,23-24H,6-7,10-11H2,1-3H3;7,10,14,16H,3-6H2,1-2H3;3-6H,1H2,2H3,(H,10,13)(H,11,12)/t18-;10-;/m00./s1. The largest absolute Gasteiger partial charge is 0.478 e. The van der Waals surface area contributed by atoms with E-state index in [-0.39, 0.29) is 39.9 Å². The van der Waals surface area contributed by atoms with Crippen molar-refractivity contribution < 1.29 is 27.3 Å². The number of para-hydroxylation sites is 2. The number of aryl methyl sites for hydroxylation is 2. The van der Waals surface area contributed by atoms with Gasteiger partial charge in [-0.15, -0.1) is 0 Å². The Labute approximate surface area is 365 Å². The van der Waals surface area contributed by atoms with Crippen molar-refractivity contribution in [3.8, 4) is 0 Å². The Bertz CT molecular complexity index is 3020. The Morgan fingerprint density at radius 1 is 0.746 bits per heavy atom. The maximum atomic E-state index is 13.5. The lowest BCUT2D eigenvalue weighted by Crippen LogP contribution is -2.39. The monoisotopic (exact) mass is 902 g/mol. The number of carbonyl (C=O) groups is 2. The van der Waals surface area contributed by atoms with Crippen LogP contribution in [0.15, 0.2) is 70.3 Å². The zero-order valence-electron chi connectivity index (χ0n) is 36.1. The number of nitrogens with zero attached hydrogens (tertiary/aromatic N) is 5. The number of hydrogen-bond donors (Lipinski definition) is 6. The fraction of sp³-hybridized carbons (Fsp3) is 0.372. The van der Waals surface area contributed by atoms with Crippen LogP contribution in [0.1, 0.15) is 105 Å². The lowest BCUT2D eigenvalue weighted by molar-refractivity contribution is 0.0606. The first-order valence-electron chi connectivity index (χ1n) is 20.4. The number of anilines is 2. The second-order valence-electron chi connectivity index (χ2n) is 16.0. The van der Waals surface area contributed by atoms with Crippen LogP contribution in [0.4, 0.5) is 11.4 Å². The summed E-state index contributed by atoms with van der Waals surface area (Å²) in [6, 6.07) is 16.7. The van der Waals surface area contributed by atoms with E-state index in [0.29, 0.717) is 46.4 Å². The molecule has 1 unspecified atom stereocenters. The first-order chi connectivity index (χ1) is 29.7. The van der Waals surface area contributed by atoms with Gasteiger partial charge in [0.25, 0.3) is 17.0 Å². The SMILES string of the molecule is C=S(C)(=O)Nc1ccccc1C(=O)O.Cc1nc2cc([C@@H]3CCCCN3)[nH]n2c(=O)c1C.Cc1nc2cc([C@@H]3CCCCN3C(=O)c3ccccc3NS(C)(=O)=O)[nH]n2c(=O)c1C. The number of aromatic nitrogens is 6. The van der Waals surface area contributed by atoms with Crippen LogP contribution in [-0.4, -0.2) is 95.2 Å². The summed E-state index contributed by atoms with van der Waals surface area (Å²) < 4.78 is 42.8. The molecule has 1 amide bonds. The predicted molar refractivity (Wildman–Crippen MR) is 246 cm³/mol. The molecule has 3 atom stereocenters. The molecule has 63 heavy (non-hydrogen) atoms. The van der Waals surface area contributed by atoms with Crippen molar-refractivity contribution in [3.05, 3.63) is 126 Å². The summed E-state index contributed by atoms with van der Waals surface area (Å²) in [4.78, 5) is 59.6. The number of carboxylic acids is 1. The second kappa shape index (κ2) is 19.0. The van der Waals surface area contributed by atoms with Crippen molar-refractivity contribution in [2.24, 2.45) is 0 Å². The number of aromatic carboxylic acids is 1. The third-order valence-electron chi connectivity index (χ3n) is 11.0. The fourth-order valence-electron chi connectivity index (χ4n) is 7.54. The molecule has 8 rings (SSSR count). The van der Waals surface area contributed by atoms with E-state index in [4.69, 9.17) is 5.11 Å². The molecule has 336 valence electrons. The van der Waals surface area contributed by atoms with Crippen LogP contribution in [0.5, 0.6) is 0 Å². The maximum absolute atomic E-state index is 13.5. The fourth-order valence-corrected chi connectivity index (χ4v) is 8.76. The van der Waals surface area contributed by atoms with Gasteiger partial charge in [-0.3, -0.25) is 29.3 Å². The summed E-state index contributed by atoms with van der Waals surface area (Å²) in [7, 11) is -5.98. The van der Waals surface area contributed by atoms with E-state index in [2.05, 4.69) is 40.8 Å². The van der Waals surface area contributed by atoms with Crippen molar-refractivity contribution in [2.45, 2.75) is 78.3 Å². The maximum Gasteiger partial charge on any atom is 0.337 e. The Morgan fingerprint density at radius 3 is 1.81 bits per heavy atom. The number of nitrogens with one attached hydrogen (secondary N) is 5. The highest BCUT2D eigenvalue weighted by Crippen LogP contribution is 2.33. The number of H-pyrrole nitrogens is 2. The molecule has 2 aromatic carbocycles. The molecule has 6 aromatic rings. The molecular weight excluding hydrogens is 849 g/mol. The third kappa shape index (κ3) is 11.0. The molecule has 6 N–H and O–H groups in total. The van der Waals surface area contributed by atoms with Crippen molar-refractivity contribution in [3.63, 3.8) is 0 Å². The van der Waals surface area contributed by atoms with Crippen LogP contribution in [-0.2, 0) is 19.7 Å². The van der Waals surface area contributed by atoms with Gasteiger partial charge >= 0.3 is 5.97 Å². The van der Waals surface area contributed by atoms with Gasteiger partial charge in [-0.25, -0.2) is 36.4 Å². The summed E-state index contributed by atoms with van der Waals surface area (Å²) in [6.45, 7) is 8.80. The van der Waals surface area contributed by atoms with Crippen LogP contribution < -0.4 is 25.9 Å². The molecule has 18 nitrogen and oxygen atoms in total. The molecule has 6 heterocycles. The highest BCUT2D eigenvalue weighted by atomic mass is 32.2. The van der Waals surface area contributed by atoms with Crippen LogP contribution in [0, 0.1) is 27.7 Å². The molecule has 0 bridgehead atoms. The van der Waals surface area contributed by atoms with Gasteiger partial charge < -0.3 is 20.0 Å². The van der Waals surface area contributed by atoms with Crippen LogP contribution in [0.3, 0.4) is 0 Å². The summed E-state index contributed by atoms with van der Waals surface area (Å²) >= 11 is 0. The molecule has 2 saturated heterocycles. The minimum Gasteiger partial charge on any atom is -0.478 e. The van der Waals surface area contributed by atoms with E-state index >= 15 is 0 Å². The molecule has 2 aliphatic rings. The van der Waals surface area contributed by atoms with Gasteiger partial charge in [0.15, 0.2) is 11.3 Å². The van der Waals surface area contributed by atoms with Gasteiger partial charge in [-0.1, -0.05) is 30.7 Å². The van der Waals surface area contributed by atoms with E-state index in [1.54, 1.807) is 65.7 Å². The highest BCUT2D eigenvalue weighted by molar-refractivity contribution is 8.00. The Kier molecular flexibility index (Phi) is 14.0. The zero-order valence-corrected chi connectivity index (χ0v) is 37.8.